The molecule has 1 saturated heterocycles. The maximum Gasteiger partial charge on any atom is 0.362 e. The Morgan fingerprint density at radius 1 is 1.20 bits per heavy atom. The molecule has 3 heterocycles. The highest BCUT2D eigenvalue weighted by molar-refractivity contribution is 7.84. The molecule has 0 spiro atoms. The molecule has 2 aromatic heterocycles. The Balaban J connectivity index is 1.49. The number of rotatable bonds is 11. The van der Waals surface area contributed by atoms with Crippen molar-refractivity contribution in [3.63, 3.8) is 0 Å². The van der Waals surface area contributed by atoms with Crippen LogP contribution in [-0.2, 0) is 36.1 Å². The number of nitrogen functional groups attached to an aromatic ring is 1. The lowest BCUT2D eigenvalue weighted by molar-refractivity contribution is -0.165. The number of oxime groups is 1. The second kappa shape index (κ2) is 12.3. The number of nitrogens with one attached hydrogen (secondary N) is 3. The summed E-state index contributed by atoms with van der Waals surface area (Å²) in [6.45, 7) is -1.13. The van der Waals surface area contributed by atoms with Crippen LogP contribution >= 0.6 is 11.3 Å². The normalized spacial score (nSPS) is 19.6. The summed E-state index contributed by atoms with van der Waals surface area (Å²) < 4.78 is 33.4. The zero-order valence-electron chi connectivity index (χ0n) is 22.4. The number of nitrogens with zero attached hydrogens (tertiary/aromatic N) is 4. The van der Waals surface area contributed by atoms with Crippen LogP contribution in [0.2, 0.25) is 0 Å². The average Bonchev–Trinajstić information content (AvgIpc) is 3.60. The number of anilines is 1. The first-order chi connectivity index (χ1) is 20.6. The number of thiazole rings is 1. The van der Waals surface area contributed by atoms with E-state index in [-0.39, 0.29) is 38.4 Å². The smallest absolute Gasteiger partial charge is 0.362 e. The van der Waals surface area contributed by atoms with Gasteiger partial charge in [0.2, 0.25) is 5.60 Å². The van der Waals surface area contributed by atoms with Crippen molar-refractivity contribution in [1.82, 2.24) is 30.0 Å². The molecule has 1 aliphatic carbocycles. The molecule has 238 valence electrons. The molecule has 4 rings (SSSR count). The van der Waals surface area contributed by atoms with Crippen molar-refractivity contribution in [2.75, 3.05) is 12.3 Å². The minimum atomic E-state index is -5.15. The van der Waals surface area contributed by atoms with Crippen molar-refractivity contribution in [3.8, 4) is 5.75 Å². The summed E-state index contributed by atoms with van der Waals surface area (Å²) in [7, 11) is -5.15. The third-order valence-electron chi connectivity index (χ3n) is 6.77. The van der Waals surface area contributed by atoms with Crippen molar-refractivity contribution < 1.29 is 52.4 Å². The summed E-state index contributed by atoms with van der Waals surface area (Å²) in [6.07, 6.45) is 1.29. The lowest BCUT2D eigenvalue weighted by atomic mass is 9.98. The van der Waals surface area contributed by atoms with Crippen LogP contribution in [0.4, 0.5) is 9.93 Å². The van der Waals surface area contributed by atoms with Gasteiger partial charge < -0.3 is 41.9 Å². The van der Waals surface area contributed by atoms with Crippen molar-refractivity contribution >= 4 is 56.3 Å². The number of carboxylic acids is 1. The van der Waals surface area contributed by atoms with E-state index in [0.29, 0.717) is 12.8 Å². The molecule has 2 fully saturated rings. The highest BCUT2D eigenvalue weighted by Crippen LogP contribution is 2.34. The van der Waals surface area contributed by atoms with Gasteiger partial charge in [0.1, 0.15) is 17.5 Å². The van der Waals surface area contributed by atoms with E-state index in [1.165, 1.54) is 5.38 Å². The third kappa shape index (κ3) is 6.65. The number of aromatic nitrogens is 2. The van der Waals surface area contributed by atoms with Crippen LogP contribution in [0.3, 0.4) is 0 Å². The van der Waals surface area contributed by atoms with E-state index in [0.717, 1.165) is 23.5 Å². The number of carboxylic acid groups (broad SMARTS) is 1. The number of carbonyl (C=O) groups excluding carboxylic acids is 3. The second-order valence-electron chi connectivity index (χ2n) is 9.66. The summed E-state index contributed by atoms with van der Waals surface area (Å²) in [4.78, 5) is 71.0. The van der Waals surface area contributed by atoms with Gasteiger partial charge in [0.05, 0.1) is 18.3 Å². The molecule has 0 aromatic carbocycles. The molecule has 2 aromatic rings. The second-order valence-corrected chi connectivity index (χ2v) is 11.8. The number of urea groups is 1. The topological polar surface area (TPSA) is 305 Å². The first kappa shape index (κ1) is 32.0. The Kier molecular flexibility index (Phi) is 8.96. The van der Waals surface area contributed by atoms with Gasteiger partial charge >= 0.3 is 22.3 Å². The van der Waals surface area contributed by atoms with Gasteiger partial charge in [-0.25, -0.2) is 18.9 Å². The summed E-state index contributed by atoms with van der Waals surface area (Å²) >= 11 is 0.917. The molecule has 1 aliphatic heterocycles. The lowest BCUT2D eigenvalue weighted by Crippen LogP contribution is -2.74. The predicted molar refractivity (Wildman–Crippen MR) is 147 cm³/mol. The molecule has 1 saturated carbocycles. The van der Waals surface area contributed by atoms with Crippen LogP contribution in [0.25, 0.3) is 0 Å². The summed E-state index contributed by atoms with van der Waals surface area (Å²) in [5, 5.41) is 40.7. The standard InChI is InChI=1S/C22H26N8O12S2/c23-20-26-12(9-43-20)15(28-42-22(19(35)36)3-1-2-4-22)17(33)27-16-13(30(18(16)34)44(39,40)41)8-25-21(37)24-7-10-5-11(31)6-14(32)29(10)38/h5-6,9,13,16,31,38H,1-4,7-8H2,(H2,23,26)(H,27,33)(H,35,36)(H2,24,25,37)(H,39,40,41)/t13-,16+/m1/s1. The minimum Gasteiger partial charge on any atom is -0.508 e. The Bertz CT molecular complexity index is 1680. The molecule has 22 heteroatoms. The molecule has 20 nitrogen and oxygen atoms in total. The van der Waals surface area contributed by atoms with Crippen molar-refractivity contribution in [3.05, 3.63) is 39.3 Å². The number of hydrogen-bond acceptors (Lipinski definition) is 14. The van der Waals surface area contributed by atoms with Crippen LogP contribution in [0.5, 0.6) is 5.75 Å². The van der Waals surface area contributed by atoms with Crippen molar-refractivity contribution in [1.29, 1.82) is 0 Å². The van der Waals surface area contributed by atoms with E-state index in [9.17, 15) is 52.4 Å². The summed E-state index contributed by atoms with van der Waals surface area (Å²) in [5.41, 5.74) is 2.04. The fraction of sp³-hybridized carbons (Fsp3) is 0.409. The van der Waals surface area contributed by atoms with Crippen LogP contribution in [0, 0.1) is 0 Å². The van der Waals surface area contributed by atoms with Gasteiger partial charge in [0.15, 0.2) is 10.8 Å². The lowest BCUT2D eigenvalue weighted by Gasteiger charge is -2.44. The fourth-order valence-electron chi connectivity index (χ4n) is 4.55. The zero-order valence-corrected chi connectivity index (χ0v) is 24.0. The van der Waals surface area contributed by atoms with E-state index in [4.69, 9.17) is 10.6 Å². The molecule has 4 amide bonds. The van der Waals surface area contributed by atoms with E-state index < -0.39 is 81.9 Å². The van der Waals surface area contributed by atoms with E-state index in [1.54, 1.807) is 0 Å². The Morgan fingerprint density at radius 3 is 2.48 bits per heavy atom. The van der Waals surface area contributed by atoms with E-state index in [1.807, 2.05) is 0 Å². The van der Waals surface area contributed by atoms with E-state index >= 15 is 0 Å². The number of aliphatic carboxylic acids is 1. The molecule has 0 bridgehead atoms. The number of hydrogen-bond donors (Lipinski definition) is 8. The van der Waals surface area contributed by atoms with Gasteiger partial charge in [-0.3, -0.25) is 18.9 Å². The Labute approximate surface area is 250 Å². The van der Waals surface area contributed by atoms with Gasteiger partial charge in [0.25, 0.3) is 17.4 Å². The number of β-lactam (4-membered cyclic amide) rings is 1. The van der Waals surface area contributed by atoms with Gasteiger partial charge in [-0.1, -0.05) is 5.16 Å². The molecule has 9 N–H and O–H groups in total. The number of amides is 4. The molecular weight excluding hydrogens is 632 g/mol. The van der Waals surface area contributed by atoms with Crippen molar-refractivity contribution in [2.45, 2.75) is 49.9 Å². The van der Waals surface area contributed by atoms with Crippen LogP contribution in [-0.4, -0.2) is 96.2 Å². The number of nitrogens with two attached hydrogens (primary N) is 1. The minimum absolute atomic E-state index is 0.0172. The van der Waals surface area contributed by atoms with Gasteiger partial charge in [-0.2, -0.15) is 13.1 Å². The Morgan fingerprint density at radius 2 is 1.89 bits per heavy atom. The molecule has 2 aliphatic rings. The number of carbonyl (C=O) groups is 4. The van der Waals surface area contributed by atoms with Gasteiger partial charge in [-0.15, -0.1) is 11.3 Å². The maximum atomic E-state index is 13.3. The summed E-state index contributed by atoms with van der Waals surface area (Å²) in [6, 6.07) is -2.47. The quantitative estimate of drug-likeness (QED) is 0.0424. The monoisotopic (exact) mass is 658 g/mol. The number of aromatic hydroxyl groups is 1. The van der Waals surface area contributed by atoms with Crippen molar-refractivity contribution in [2.24, 2.45) is 5.16 Å². The summed E-state index contributed by atoms with van der Waals surface area (Å²) in [5.74, 6) is -4.19. The highest BCUT2D eigenvalue weighted by atomic mass is 32.2. The molecule has 0 radical (unpaired) electrons. The maximum absolute atomic E-state index is 13.3. The highest BCUT2D eigenvalue weighted by Gasteiger charge is 2.54. The van der Waals surface area contributed by atoms with E-state index in [2.05, 4.69) is 26.1 Å². The average molecular weight is 659 g/mol. The molecule has 0 unspecified atom stereocenters. The Hall–Kier alpha value is -4.96. The predicted octanol–water partition coefficient (Wildman–Crippen LogP) is -2.05. The molecular formula is C22H26N8O12S2. The first-order valence-corrected chi connectivity index (χ1v) is 14.9. The number of pyridine rings is 1. The van der Waals surface area contributed by atoms with Crippen LogP contribution in [0.15, 0.2) is 27.5 Å². The van der Waals surface area contributed by atoms with Gasteiger partial charge in [-0.05, 0) is 12.8 Å². The van der Waals surface area contributed by atoms with Gasteiger partial charge in [0, 0.05) is 36.9 Å². The first-order valence-electron chi connectivity index (χ1n) is 12.6. The fourth-order valence-corrected chi connectivity index (χ4v) is 5.98. The third-order valence-corrected chi connectivity index (χ3v) is 8.39. The zero-order chi connectivity index (χ0) is 32.4. The van der Waals surface area contributed by atoms with Crippen LogP contribution < -0.4 is 27.2 Å². The SMILES string of the molecule is Nc1nc(C(=NOC2(C(=O)O)CCCC2)C(=O)N[C@@H]2C(=O)N(S(=O)(=O)O)[C@@H]2CNC(=O)NCc2cc(O)cc(=O)n2O)cs1. The largest absolute Gasteiger partial charge is 0.508 e. The molecule has 2 atom stereocenters. The molecule has 44 heavy (non-hydrogen) atoms. The van der Waals surface area contributed by atoms with Crippen LogP contribution in [0.1, 0.15) is 37.1 Å².